The molecule has 1 amide bonds. The first-order valence-electron chi connectivity index (χ1n) is 8.38. The van der Waals surface area contributed by atoms with E-state index in [1.165, 1.54) is 0 Å². The largest absolute Gasteiger partial charge is 0.368 e. The number of fused-ring (bicyclic) bond motifs is 1. The zero-order chi connectivity index (χ0) is 17.4. The van der Waals surface area contributed by atoms with Crippen molar-refractivity contribution in [1.82, 2.24) is 19.4 Å². The molecule has 1 aliphatic rings. The van der Waals surface area contributed by atoms with E-state index in [4.69, 9.17) is 4.74 Å². The van der Waals surface area contributed by atoms with E-state index in [2.05, 4.69) is 9.97 Å². The number of para-hydroxylation sites is 1. The number of nitrogens with zero attached hydrogens (tertiary/aromatic N) is 4. The summed E-state index contributed by atoms with van der Waals surface area (Å²) in [4.78, 5) is 23.5. The molecule has 128 valence electrons. The maximum Gasteiger partial charge on any atom is 0.256 e. The van der Waals surface area contributed by atoms with Crippen molar-refractivity contribution in [3.05, 3.63) is 59.8 Å². The number of morpholine rings is 1. The average molecular weight is 336 g/mol. The minimum atomic E-state index is -0.214. The van der Waals surface area contributed by atoms with E-state index < -0.39 is 0 Å². The van der Waals surface area contributed by atoms with Crippen molar-refractivity contribution in [2.45, 2.75) is 13.0 Å². The van der Waals surface area contributed by atoms with Gasteiger partial charge in [-0.1, -0.05) is 18.2 Å². The topological polar surface area (TPSA) is 60.2 Å². The summed E-state index contributed by atoms with van der Waals surface area (Å²) < 4.78 is 7.83. The van der Waals surface area contributed by atoms with Gasteiger partial charge in [-0.2, -0.15) is 0 Å². The van der Waals surface area contributed by atoms with Gasteiger partial charge in [0.15, 0.2) is 0 Å². The SMILES string of the molecule is Cc1nccc([C@H]2CN(C(=O)c3cn(C)c4ccccc34)CCO2)n1. The lowest BCUT2D eigenvalue weighted by atomic mass is 10.1. The average Bonchev–Trinajstić information content (AvgIpc) is 2.98. The molecule has 0 aliphatic carbocycles. The summed E-state index contributed by atoms with van der Waals surface area (Å²) in [6.45, 7) is 3.44. The van der Waals surface area contributed by atoms with Crippen molar-refractivity contribution < 1.29 is 9.53 Å². The van der Waals surface area contributed by atoms with Crippen LogP contribution in [-0.4, -0.2) is 45.0 Å². The van der Waals surface area contributed by atoms with Gasteiger partial charge in [-0.15, -0.1) is 0 Å². The Bertz CT molecular complexity index is 934. The van der Waals surface area contributed by atoms with Crippen LogP contribution in [0.3, 0.4) is 0 Å². The third-order valence-electron chi connectivity index (χ3n) is 4.61. The fourth-order valence-electron chi connectivity index (χ4n) is 3.35. The number of benzene rings is 1. The number of amides is 1. The molecule has 4 rings (SSSR count). The predicted molar refractivity (Wildman–Crippen MR) is 94.3 cm³/mol. The van der Waals surface area contributed by atoms with E-state index in [-0.39, 0.29) is 12.0 Å². The van der Waals surface area contributed by atoms with Crippen molar-refractivity contribution in [2.75, 3.05) is 19.7 Å². The number of hydrogen-bond acceptors (Lipinski definition) is 4. The molecule has 1 atom stereocenters. The van der Waals surface area contributed by atoms with Crippen molar-refractivity contribution in [3.63, 3.8) is 0 Å². The van der Waals surface area contributed by atoms with E-state index in [1.807, 2.05) is 60.0 Å². The quantitative estimate of drug-likeness (QED) is 0.721. The predicted octanol–water partition coefficient (Wildman–Crippen LogP) is 2.49. The number of rotatable bonds is 2. The summed E-state index contributed by atoms with van der Waals surface area (Å²) in [6, 6.07) is 9.82. The summed E-state index contributed by atoms with van der Waals surface area (Å²) in [5.41, 5.74) is 2.61. The minimum absolute atomic E-state index is 0.0379. The highest BCUT2D eigenvalue weighted by molar-refractivity contribution is 6.07. The third kappa shape index (κ3) is 2.89. The van der Waals surface area contributed by atoms with Gasteiger partial charge in [-0.05, 0) is 19.1 Å². The first-order chi connectivity index (χ1) is 12.1. The molecule has 3 aromatic rings. The molecule has 0 N–H and O–H groups in total. The summed E-state index contributed by atoms with van der Waals surface area (Å²) in [6.07, 6.45) is 3.42. The van der Waals surface area contributed by atoms with Crippen LogP contribution in [0.25, 0.3) is 10.9 Å². The monoisotopic (exact) mass is 336 g/mol. The van der Waals surface area contributed by atoms with Gasteiger partial charge in [0.1, 0.15) is 11.9 Å². The summed E-state index contributed by atoms with van der Waals surface area (Å²) in [7, 11) is 1.96. The maximum absolute atomic E-state index is 13.1. The van der Waals surface area contributed by atoms with Gasteiger partial charge in [0.2, 0.25) is 0 Å². The number of carbonyl (C=O) groups is 1. The van der Waals surface area contributed by atoms with Gasteiger partial charge >= 0.3 is 0 Å². The van der Waals surface area contributed by atoms with Crippen molar-refractivity contribution >= 4 is 16.8 Å². The molecule has 2 aromatic heterocycles. The van der Waals surface area contributed by atoms with E-state index in [0.717, 1.165) is 22.2 Å². The van der Waals surface area contributed by atoms with Crippen LogP contribution < -0.4 is 0 Å². The van der Waals surface area contributed by atoms with Gasteiger partial charge in [0.25, 0.3) is 5.91 Å². The van der Waals surface area contributed by atoms with Crippen LogP contribution in [0, 0.1) is 6.92 Å². The van der Waals surface area contributed by atoms with E-state index in [1.54, 1.807) is 6.20 Å². The molecule has 1 saturated heterocycles. The van der Waals surface area contributed by atoms with Gasteiger partial charge < -0.3 is 14.2 Å². The minimum Gasteiger partial charge on any atom is -0.368 e. The molecule has 0 saturated carbocycles. The second-order valence-corrected chi connectivity index (χ2v) is 6.31. The normalized spacial score (nSPS) is 17.8. The van der Waals surface area contributed by atoms with Crippen LogP contribution in [0.15, 0.2) is 42.7 Å². The molecule has 0 bridgehead atoms. The fraction of sp³-hybridized carbons (Fsp3) is 0.316. The first-order valence-corrected chi connectivity index (χ1v) is 8.38. The molecule has 6 heteroatoms. The van der Waals surface area contributed by atoms with Crippen LogP contribution in [0.2, 0.25) is 0 Å². The lowest BCUT2D eigenvalue weighted by Crippen LogP contribution is -2.42. The highest BCUT2D eigenvalue weighted by Crippen LogP contribution is 2.25. The Morgan fingerprint density at radius 3 is 2.96 bits per heavy atom. The number of aromatic nitrogens is 3. The van der Waals surface area contributed by atoms with Crippen LogP contribution in [-0.2, 0) is 11.8 Å². The number of hydrogen-bond donors (Lipinski definition) is 0. The third-order valence-corrected chi connectivity index (χ3v) is 4.61. The van der Waals surface area contributed by atoms with E-state index >= 15 is 0 Å². The molecule has 25 heavy (non-hydrogen) atoms. The number of aryl methyl sites for hydroxylation is 2. The lowest BCUT2D eigenvalue weighted by Gasteiger charge is -2.32. The zero-order valence-electron chi connectivity index (χ0n) is 14.3. The maximum atomic E-state index is 13.1. The van der Waals surface area contributed by atoms with Crippen molar-refractivity contribution in [3.8, 4) is 0 Å². The summed E-state index contributed by atoms with van der Waals surface area (Å²) in [5.74, 6) is 0.745. The Kier molecular flexibility index (Phi) is 3.97. The van der Waals surface area contributed by atoms with Crippen LogP contribution in [0.5, 0.6) is 0 Å². The Morgan fingerprint density at radius 2 is 2.12 bits per heavy atom. The fourth-order valence-corrected chi connectivity index (χ4v) is 3.35. The molecule has 6 nitrogen and oxygen atoms in total. The van der Waals surface area contributed by atoms with Crippen LogP contribution in [0.4, 0.5) is 0 Å². The Hall–Kier alpha value is -2.73. The summed E-state index contributed by atoms with van der Waals surface area (Å²) in [5, 5.41) is 0.982. The van der Waals surface area contributed by atoms with Gasteiger partial charge in [0, 0.05) is 36.9 Å². The standard InChI is InChI=1S/C19H20N4O2/c1-13-20-8-7-16(21-13)18-12-23(9-10-25-18)19(24)15-11-22(2)17-6-4-3-5-14(15)17/h3-8,11,18H,9-10,12H2,1-2H3/t18-/m1/s1. The Morgan fingerprint density at radius 1 is 1.28 bits per heavy atom. The number of ether oxygens (including phenoxy) is 1. The highest BCUT2D eigenvalue weighted by Gasteiger charge is 2.28. The second-order valence-electron chi connectivity index (χ2n) is 6.31. The second kappa shape index (κ2) is 6.29. The van der Waals surface area contributed by atoms with E-state index in [0.29, 0.717) is 25.5 Å². The lowest BCUT2D eigenvalue weighted by molar-refractivity contribution is -0.0247. The molecule has 0 unspecified atom stereocenters. The zero-order valence-corrected chi connectivity index (χ0v) is 14.3. The molecule has 1 aromatic carbocycles. The molecule has 1 fully saturated rings. The van der Waals surface area contributed by atoms with Gasteiger partial charge in [0.05, 0.1) is 24.4 Å². The van der Waals surface area contributed by atoms with Crippen LogP contribution in [0.1, 0.15) is 28.0 Å². The molecular formula is C19H20N4O2. The molecule has 0 spiro atoms. The summed E-state index contributed by atoms with van der Waals surface area (Å²) >= 11 is 0. The van der Waals surface area contributed by atoms with Crippen molar-refractivity contribution in [2.24, 2.45) is 7.05 Å². The first kappa shape index (κ1) is 15.8. The van der Waals surface area contributed by atoms with Crippen LogP contribution >= 0.6 is 0 Å². The van der Waals surface area contributed by atoms with E-state index in [9.17, 15) is 4.79 Å². The van der Waals surface area contributed by atoms with Crippen molar-refractivity contribution in [1.29, 1.82) is 0 Å². The molecular weight excluding hydrogens is 316 g/mol. The Labute approximate surface area is 146 Å². The highest BCUT2D eigenvalue weighted by atomic mass is 16.5. The number of carbonyl (C=O) groups excluding carboxylic acids is 1. The molecule has 1 aliphatic heterocycles. The molecule has 3 heterocycles. The van der Waals surface area contributed by atoms with Gasteiger partial charge in [-0.3, -0.25) is 4.79 Å². The Balaban J connectivity index is 1.61. The molecule has 0 radical (unpaired) electrons. The van der Waals surface area contributed by atoms with Gasteiger partial charge in [-0.25, -0.2) is 9.97 Å². The smallest absolute Gasteiger partial charge is 0.256 e.